The number of hydrogen-bond donors (Lipinski definition) is 1. The highest BCUT2D eigenvalue weighted by Crippen LogP contribution is 2.34. The van der Waals surface area contributed by atoms with Gasteiger partial charge in [0.05, 0.1) is 12.2 Å². The summed E-state index contributed by atoms with van der Waals surface area (Å²) in [5.74, 6) is 1.43. The van der Waals surface area contributed by atoms with E-state index in [1.807, 2.05) is 32.0 Å². The van der Waals surface area contributed by atoms with Crippen LogP contribution < -0.4 is 15.0 Å². The monoisotopic (exact) mass is 477 g/mol. The molecule has 0 unspecified atom stereocenters. The number of anilines is 1. The number of hydrogen-bond acceptors (Lipinski definition) is 4. The normalized spacial score (nSPS) is 18.6. The van der Waals surface area contributed by atoms with E-state index in [0.717, 1.165) is 49.0 Å². The fourth-order valence-corrected chi connectivity index (χ4v) is 5.12. The number of carbonyl (C=O) groups is 2. The van der Waals surface area contributed by atoms with E-state index in [4.69, 9.17) is 4.74 Å². The Balaban J connectivity index is 1.11. The SMILES string of the molecule is Cc1ccc2c(c1)N(C(=O)CCC(=O)NCCCN1CCC(Cc3ccccc3)CC1)C[C@H](C)O2. The molecule has 2 aromatic rings. The number of likely N-dealkylation sites (tertiary alicyclic amines) is 1. The first kappa shape index (κ1) is 25.2. The molecule has 0 aromatic heterocycles. The fraction of sp³-hybridized carbons (Fsp3) is 0.517. The maximum absolute atomic E-state index is 12.9. The van der Waals surface area contributed by atoms with E-state index >= 15 is 0 Å². The van der Waals surface area contributed by atoms with Crippen molar-refractivity contribution in [1.29, 1.82) is 0 Å². The number of carbonyl (C=O) groups excluding carboxylic acids is 2. The van der Waals surface area contributed by atoms with Crippen LogP contribution in [0.4, 0.5) is 5.69 Å². The third-order valence-corrected chi connectivity index (χ3v) is 7.09. The van der Waals surface area contributed by atoms with Gasteiger partial charge in [0.1, 0.15) is 11.9 Å². The average molecular weight is 478 g/mol. The predicted octanol–water partition coefficient (Wildman–Crippen LogP) is 4.35. The van der Waals surface area contributed by atoms with Gasteiger partial charge in [-0.1, -0.05) is 36.4 Å². The molecule has 6 nitrogen and oxygen atoms in total. The Bertz CT molecular complexity index is 986. The van der Waals surface area contributed by atoms with Crippen molar-refractivity contribution in [1.82, 2.24) is 10.2 Å². The van der Waals surface area contributed by atoms with Crippen LogP contribution >= 0.6 is 0 Å². The summed E-state index contributed by atoms with van der Waals surface area (Å²) >= 11 is 0. The molecule has 2 amide bonds. The maximum atomic E-state index is 12.9. The zero-order valence-corrected chi connectivity index (χ0v) is 21.2. The molecule has 2 aliphatic heterocycles. The molecule has 6 heteroatoms. The van der Waals surface area contributed by atoms with Gasteiger partial charge in [-0.25, -0.2) is 0 Å². The molecule has 0 saturated carbocycles. The smallest absolute Gasteiger partial charge is 0.227 e. The van der Waals surface area contributed by atoms with E-state index in [0.29, 0.717) is 13.1 Å². The second kappa shape index (κ2) is 12.2. The third-order valence-electron chi connectivity index (χ3n) is 7.09. The van der Waals surface area contributed by atoms with Crippen LogP contribution in [0, 0.1) is 12.8 Å². The van der Waals surface area contributed by atoms with Crippen LogP contribution in [-0.2, 0) is 16.0 Å². The van der Waals surface area contributed by atoms with Gasteiger partial charge in [-0.05, 0) is 88.3 Å². The molecule has 35 heavy (non-hydrogen) atoms. The summed E-state index contributed by atoms with van der Waals surface area (Å²) in [5.41, 5.74) is 3.33. The maximum Gasteiger partial charge on any atom is 0.227 e. The lowest BCUT2D eigenvalue weighted by molar-refractivity contribution is -0.125. The Labute approximate surface area is 209 Å². The first-order chi connectivity index (χ1) is 17.0. The summed E-state index contributed by atoms with van der Waals surface area (Å²) in [5, 5.41) is 3.00. The van der Waals surface area contributed by atoms with Gasteiger partial charge in [0.15, 0.2) is 0 Å². The Morgan fingerprint density at radius 3 is 2.60 bits per heavy atom. The van der Waals surface area contributed by atoms with Crippen molar-refractivity contribution in [3.63, 3.8) is 0 Å². The first-order valence-electron chi connectivity index (χ1n) is 13.1. The standard InChI is InChI=1S/C29H39N3O3/c1-22-9-10-27-26(19-22)32(21-23(2)35-27)29(34)12-11-28(33)30-15-6-16-31-17-13-25(14-18-31)20-24-7-4-3-5-8-24/h3-5,7-10,19,23,25H,6,11-18,20-21H2,1-2H3,(H,30,33)/t23-/m0/s1. The number of rotatable bonds is 9. The minimum Gasteiger partial charge on any atom is -0.487 e. The first-order valence-corrected chi connectivity index (χ1v) is 13.1. The molecule has 1 fully saturated rings. The average Bonchev–Trinajstić information content (AvgIpc) is 2.86. The molecule has 1 N–H and O–H groups in total. The Hall–Kier alpha value is -2.86. The zero-order chi connectivity index (χ0) is 24.6. The van der Waals surface area contributed by atoms with Gasteiger partial charge >= 0.3 is 0 Å². The zero-order valence-electron chi connectivity index (χ0n) is 21.2. The second-order valence-electron chi connectivity index (χ2n) is 10.1. The Morgan fingerprint density at radius 1 is 1.06 bits per heavy atom. The van der Waals surface area contributed by atoms with E-state index in [1.54, 1.807) is 4.90 Å². The van der Waals surface area contributed by atoms with Crippen LogP contribution in [-0.4, -0.2) is 55.5 Å². The van der Waals surface area contributed by atoms with Crippen molar-refractivity contribution in [3.05, 3.63) is 59.7 Å². The van der Waals surface area contributed by atoms with Crippen molar-refractivity contribution < 1.29 is 14.3 Å². The summed E-state index contributed by atoms with van der Waals surface area (Å²) in [7, 11) is 0. The lowest BCUT2D eigenvalue weighted by Gasteiger charge is -2.33. The molecule has 0 bridgehead atoms. The highest BCUT2D eigenvalue weighted by molar-refractivity contribution is 5.97. The highest BCUT2D eigenvalue weighted by Gasteiger charge is 2.27. The van der Waals surface area contributed by atoms with Gasteiger partial charge in [-0.15, -0.1) is 0 Å². The number of nitrogens with one attached hydrogen (secondary N) is 1. The van der Waals surface area contributed by atoms with Gasteiger partial charge < -0.3 is 19.9 Å². The van der Waals surface area contributed by atoms with E-state index in [2.05, 4.69) is 40.5 Å². The number of nitrogens with zero attached hydrogens (tertiary/aromatic N) is 2. The van der Waals surface area contributed by atoms with Crippen LogP contribution in [0.25, 0.3) is 0 Å². The number of piperidine rings is 1. The molecule has 188 valence electrons. The molecule has 1 saturated heterocycles. The third kappa shape index (κ3) is 7.31. The van der Waals surface area contributed by atoms with Gasteiger partial charge in [0.2, 0.25) is 11.8 Å². The minimum absolute atomic E-state index is 0.0273. The second-order valence-corrected chi connectivity index (χ2v) is 10.1. The number of benzene rings is 2. The lowest BCUT2D eigenvalue weighted by Crippen LogP contribution is -2.42. The molecule has 2 aliphatic rings. The summed E-state index contributed by atoms with van der Waals surface area (Å²) in [4.78, 5) is 29.5. The van der Waals surface area contributed by atoms with Gasteiger partial charge in [0.25, 0.3) is 0 Å². The molecule has 2 aromatic carbocycles. The number of aryl methyl sites for hydroxylation is 1. The van der Waals surface area contributed by atoms with Gasteiger partial charge in [-0.3, -0.25) is 9.59 Å². The van der Waals surface area contributed by atoms with Crippen molar-refractivity contribution in [2.45, 2.75) is 58.5 Å². The van der Waals surface area contributed by atoms with Crippen LogP contribution in [0.15, 0.2) is 48.5 Å². The molecule has 0 spiro atoms. The Morgan fingerprint density at radius 2 is 1.83 bits per heavy atom. The Kier molecular flexibility index (Phi) is 8.80. The lowest BCUT2D eigenvalue weighted by atomic mass is 9.90. The molecule has 1 atom stereocenters. The van der Waals surface area contributed by atoms with Gasteiger partial charge in [0, 0.05) is 19.4 Å². The van der Waals surface area contributed by atoms with Crippen molar-refractivity contribution in [3.8, 4) is 5.75 Å². The van der Waals surface area contributed by atoms with Crippen LogP contribution in [0.3, 0.4) is 0 Å². The summed E-state index contributed by atoms with van der Waals surface area (Å²) in [6.07, 6.45) is 4.97. The van der Waals surface area contributed by atoms with E-state index < -0.39 is 0 Å². The van der Waals surface area contributed by atoms with Gasteiger partial charge in [-0.2, -0.15) is 0 Å². The topological polar surface area (TPSA) is 61.9 Å². The van der Waals surface area contributed by atoms with E-state index in [9.17, 15) is 9.59 Å². The van der Waals surface area contributed by atoms with Crippen LogP contribution in [0.2, 0.25) is 0 Å². The quantitative estimate of drug-likeness (QED) is 0.546. The van der Waals surface area contributed by atoms with E-state index in [1.165, 1.54) is 24.8 Å². The molecular weight excluding hydrogens is 438 g/mol. The molecule has 2 heterocycles. The largest absolute Gasteiger partial charge is 0.487 e. The van der Waals surface area contributed by atoms with Crippen molar-refractivity contribution >= 4 is 17.5 Å². The molecular formula is C29H39N3O3. The summed E-state index contributed by atoms with van der Waals surface area (Å²) in [6, 6.07) is 16.7. The van der Waals surface area contributed by atoms with E-state index in [-0.39, 0.29) is 30.8 Å². The summed E-state index contributed by atoms with van der Waals surface area (Å²) < 4.78 is 5.86. The van der Waals surface area contributed by atoms with Crippen molar-refractivity contribution in [2.24, 2.45) is 5.92 Å². The summed E-state index contributed by atoms with van der Waals surface area (Å²) in [6.45, 7) is 8.42. The fourth-order valence-electron chi connectivity index (χ4n) is 5.12. The predicted molar refractivity (Wildman–Crippen MR) is 140 cm³/mol. The minimum atomic E-state index is -0.0635. The molecule has 0 aliphatic carbocycles. The molecule has 0 radical (unpaired) electrons. The van der Waals surface area contributed by atoms with Crippen molar-refractivity contribution in [2.75, 3.05) is 37.6 Å². The highest BCUT2D eigenvalue weighted by atomic mass is 16.5. The number of fused-ring (bicyclic) bond motifs is 1. The van der Waals surface area contributed by atoms with Crippen LogP contribution in [0.1, 0.15) is 50.2 Å². The van der Waals surface area contributed by atoms with Crippen LogP contribution in [0.5, 0.6) is 5.75 Å². The number of amides is 2. The number of ether oxygens (including phenoxy) is 1. The molecule has 4 rings (SSSR count).